The Balaban J connectivity index is 2.98. The highest BCUT2D eigenvalue weighted by atomic mass is 16.6. The first-order valence-corrected chi connectivity index (χ1v) is 7.32. The van der Waals surface area contributed by atoms with Gasteiger partial charge in [0, 0.05) is 0 Å². The normalized spacial score (nSPS) is 12.7. The topological polar surface area (TPSA) is 91.2 Å². The average Bonchev–Trinajstić information content (AvgIpc) is 2.43. The Labute approximate surface area is 136 Å². The molecule has 2 amide bonds. The summed E-state index contributed by atoms with van der Waals surface area (Å²) in [6.45, 7) is 8.38. The van der Waals surface area contributed by atoms with Gasteiger partial charge in [0.15, 0.2) is 0 Å². The van der Waals surface area contributed by atoms with Crippen molar-refractivity contribution in [2.24, 2.45) is 0 Å². The molecule has 0 saturated heterocycles. The van der Waals surface area contributed by atoms with Crippen LogP contribution in [-0.4, -0.2) is 23.1 Å². The lowest BCUT2D eigenvalue weighted by molar-refractivity contribution is -0.124. The van der Waals surface area contributed by atoms with E-state index >= 15 is 0 Å². The number of nitrogens with zero attached hydrogens (tertiary/aromatic N) is 1. The zero-order chi connectivity index (χ0) is 17.7. The van der Waals surface area contributed by atoms with Gasteiger partial charge in [-0.2, -0.15) is 5.26 Å². The van der Waals surface area contributed by atoms with Crippen molar-refractivity contribution >= 4 is 12.0 Å². The van der Waals surface area contributed by atoms with Crippen LogP contribution in [-0.2, 0) is 9.53 Å². The van der Waals surface area contributed by atoms with Gasteiger partial charge < -0.3 is 15.4 Å². The fourth-order valence-electron chi connectivity index (χ4n) is 1.78. The third kappa shape index (κ3) is 6.39. The molecule has 124 valence electrons. The number of nitrogens with one attached hydrogen (secondary N) is 2. The van der Waals surface area contributed by atoms with E-state index in [9.17, 15) is 9.59 Å². The Hall–Kier alpha value is -2.55. The largest absolute Gasteiger partial charge is 0.444 e. The summed E-state index contributed by atoms with van der Waals surface area (Å²) in [5, 5.41) is 14.2. The lowest BCUT2D eigenvalue weighted by Gasteiger charge is -2.26. The molecule has 0 aromatic heterocycles. The van der Waals surface area contributed by atoms with Crippen LogP contribution in [0.25, 0.3) is 0 Å². The number of hydrogen-bond acceptors (Lipinski definition) is 4. The minimum absolute atomic E-state index is 0.478. The number of nitriles is 1. The third-order valence-electron chi connectivity index (χ3n) is 2.77. The summed E-state index contributed by atoms with van der Waals surface area (Å²) in [5.74, 6) is -0.478. The van der Waals surface area contributed by atoms with Crippen molar-refractivity contribution in [3.8, 4) is 6.07 Å². The molecule has 2 N–H and O–H groups in total. The number of ether oxygens (including phenoxy) is 1. The highest BCUT2D eigenvalue weighted by molar-refractivity contribution is 5.87. The monoisotopic (exact) mass is 317 g/mol. The molecule has 0 heterocycles. The molecule has 1 atom stereocenters. The van der Waals surface area contributed by atoms with Crippen LogP contribution in [0, 0.1) is 11.3 Å². The second-order valence-corrected chi connectivity index (χ2v) is 6.72. The molecule has 6 nitrogen and oxygen atoms in total. The minimum Gasteiger partial charge on any atom is -0.444 e. The van der Waals surface area contributed by atoms with Gasteiger partial charge in [-0.1, -0.05) is 30.3 Å². The van der Waals surface area contributed by atoms with Crippen molar-refractivity contribution in [3.63, 3.8) is 0 Å². The Morgan fingerprint density at radius 2 is 1.70 bits per heavy atom. The molecule has 6 heteroatoms. The van der Waals surface area contributed by atoms with Crippen molar-refractivity contribution in [2.45, 2.75) is 51.8 Å². The lowest BCUT2D eigenvalue weighted by atomic mass is 10.0. The fourth-order valence-corrected chi connectivity index (χ4v) is 1.78. The number of benzene rings is 1. The quantitative estimate of drug-likeness (QED) is 0.893. The Morgan fingerprint density at radius 3 is 2.17 bits per heavy atom. The van der Waals surface area contributed by atoms with Gasteiger partial charge in [0.25, 0.3) is 0 Å². The van der Waals surface area contributed by atoms with Crippen LogP contribution in [0.4, 0.5) is 4.79 Å². The zero-order valence-electron chi connectivity index (χ0n) is 14.1. The van der Waals surface area contributed by atoms with Gasteiger partial charge in [-0.3, -0.25) is 4.79 Å². The minimum atomic E-state index is -1.04. The first-order chi connectivity index (χ1) is 10.5. The molecule has 1 aromatic carbocycles. The summed E-state index contributed by atoms with van der Waals surface area (Å²) in [7, 11) is 0. The SMILES string of the molecule is CC(C)(C#N)NC(=O)C(NC(=O)OC(C)(C)C)c1ccccc1. The summed E-state index contributed by atoms with van der Waals surface area (Å²) >= 11 is 0. The molecule has 1 rings (SSSR count). The predicted molar refractivity (Wildman–Crippen MR) is 86.4 cm³/mol. The van der Waals surface area contributed by atoms with Gasteiger partial charge in [-0.15, -0.1) is 0 Å². The van der Waals surface area contributed by atoms with Crippen molar-refractivity contribution < 1.29 is 14.3 Å². The molecule has 0 saturated carbocycles. The van der Waals surface area contributed by atoms with E-state index in [0.717, 1.165) is 0 Å². The average molecular weight is 317 g/mol. The van der Waals surface area contributed by atoms with E-state index in [1.807, 2.05) is 12.1 Å². The van der Waals surface area contributed by atoms with Crippen LogP contribution in [0.15, 0.2) is 30.3 Å². The van der Waals surface area contributed by atoms with Crippen LogP contribution < -0.4 is 10.6 Å². The first-order valence-electron chi connectivity index (χ1n) is 7.32. The van der Waals surface area contributed by atoms with Gasteiger partial charge in [0.05, 0.1) is 6.07 Å². The van der Waals surface area contributed by atoms with Crippen molar-refractivity contribution in [3.05, 3.63) is 35.9 Å². The van der Waals surface area contributed by atoms with E-state index in [2.05, 4.69) is 10.6 Å². The maximum atomic E-state index is 12.5. The molecule has 0 aliphatic carbocycles. The molecule has 0 aliphatic heterocycles. The van der Waals surface area contributed by atoms with Crippen LogP contribution in [0.5, 0.6) is 0 Å². The maximum absolute atomic E-state index is 12.5. The standard InChI is InChI=1S/C17H23N3O3/c1-16(2,3)23-15(22)19-13(12-9-7-6-8-10-12)14(21)20-17(4,5)11-18/h6-10,13H,1-5H3,(H,19,22)(H,20,21). The number of hydrogen-bond donors (Lipinski definition) is 2. The van der Waals surface area contributed by atoms with E-state index in [4.69, 9.17) is 10.00 Å². The number of carbonyl (C=O) groups excluding carboxylic acids is 2. The summed E-state index contributed by atoms with van der Waals surface area (Å²) < 4.78 is 5.20. The van der Waals surface area contributed by atoms with E-state index < -0.39 is 29.2 Å². The summed E-state index contributed by atoms with van der Waals surface area (Å²) in [4.78, 5) is 24.5. The second-order valence-electron chi connectivity index (χ2n) is 6.72. The summed E-state index contributed by atoms with van der Waals surface area (Å²) in [5.41, 5.74) is -1.11. The Kier molecular flexibility index (Phi) is 5.74. The second kappa shape index (κ2) is 7.14. The molecule has 1 unspecified atom stereocenters. The lowest BCUT2D eigenvalue weighted by Crippen LogP contribution is -2.49. The highest BCUT2D eigenvalue weighted by Crippen LogP contribution is 2.16. The molecule has 0 aliphatic rings. The van der Waals surface area contributed by atoms with Gasteiger partial charge in [0.2, 0.25) is 5.91 Å². The van der Waals surface area contributed by atoms with Crippen LogP contribution in [0.1, 0.15) is 46.2 Å². The van der Waals surface area contributed by atoms with Crippen LogP contribution >= 0.6 is 0 Å². The molecular weight excluding hydrogens is 294 g/mol. The smallest absolute Gasteiger partial charge is 0.408 e. The van der Waals surface area contributed by atoms with E-state index in [0.29, 0.717) is 5.56 Å². The molecule has 0 fully saturated rings. The number of rotatable bonds is 4. The van der Waals surface area contributed by atoms with Gasteiger partial charge in [-0.25, -0.2) is 4.79 Å². The van der Waals surface area contributed by atoms with Gasteiger partial charge >= 0.3 is 6.09 Å². The molecule has 23 heavy (non-hydrogen) atoms. The van der Waals surface area contributed by atoms with Gasteiger partial charge in [0.1, 0.15) is 17.2 Å². The zero-order valence-corrected chi connectivity index (χ0v) is 14.1. The molecule has 0 bridgehead atoms. The van der Waals surface area contributed by atoms with E-state index in [1.165, 1.54) is 0 Å². The van der Waals surface area contributed by atoms with E-state index in [-0.39, 0.29) is 0 Å². The van der Waals surface area contributed by atoms with Gasteiger partial charge in [-0.05, 0) is 40.2 Å². The molecule has 0 spiro atoms. The number of amides is 2. The summed E-state index contributed by atoms with van der Waals surface area (Å²) in [6, 6.07) is 9.84. The molecule has 0 radical (unpaired) electrons. The highest BCUT2D eigenvalue weighted by Gasteiger charge is 2.29. The van der Waals surface area contributed by atoms with Crippen molar-refractivity contribution in [1.29, 1.82) is 5.26 Å². The fraction of sp³-hybridized carbons (Fsp3) is 0.471. The molecular formula is C17H23N3O3. The number of carbonyl (C=O) groups is 2. The van der Waals surface area contributed by atoms with Crippen LogP contribution in [0.3, 0.4) is 0 Å². The van der Waals surface area contributed by atoms with Crippen LogP contribution in [0.2, 0.25) is 0 Å². The Morgan fingerprint density at radius 1 is 1.13 bits per heavy atom. The summed E-state index contributed by atoms with van der Waals surface area (Å²) in [6.07, 6.45) is -0.698. The number of alkyl carbamates (subject to hydrolysis) is 1. The Bertz CT molecular complexity index is 598. The first kappa shape index (κ1) is 18.5. The van der Waals surface area contributed by atoms with E-state index in [1.54, 1.807) is 58.9 Å². The maximum Gasteiger partial charge on any atom is 0.408 e. The predicted octanol–water partition coefficient (Wildman–Crippen LogP) is 2.67. The molecule has 1 aromatic rings. The third-order valence-corrected chi connectivity index (χ3v) is 2.77. The van der Waals surface area contributed by atoms with Crippen molar-refractivity contribution in [2.75, 3.05) is 0 Å². The van der Waals surface area contributed by atoms with Crippen molar-refractivity contribution in [1.82, 2.24) is 10.6 Å².